The number of carbonyl (C=O) groups excluding carboxylic acids is 2. The fourth-order valence-electron chi connectivity index (χ4n) is 2.54. The molecule has 1 aromatic carbocycles. The van der Waals surface area contributed by atoms with Crippen LogP contribution in [0.3, 0.4) is 0 Å². The Hall–Kier alpha value is -2.04. The first-order chi connectivity index (χ1) is 9.74. The van der Waals surface area contributed by atoms with Crippen LogP contribution in [0.15, 0.2) is 18.2 Å². The molecule has 0 aliphatic carbocycles. The second kappa shape index (κ2) is 5.39. The number of esters is 1. The highest BCUT2D eigenvalue weighted by atomic mass is 16.6. The predicted molar refractivity (Wildman–Crippen MR) is 79.4 cm³/mol. The summed E-state index contributed by atoms with van der Waals surface area (Å²) in [4.78, 5) is 25.9. The van der Waals surface area contributed by atoms with Crippen LogP contribution in [0.5, 0.6) is 0 Å². The monoisotopic (exact) mass is 291 g/mol. The number of amides is 1. The molecule has 1 atom stereocenters. The third-order valence-electron chi connectivity index (χ3n) is 3.35. The van der Waals surface area contributed by atoms with Crippen molar-refractivity contribution in [2.45, 2.75) is 45.8 Å². The standard InChI is InChI=1S/C16H21NO4/c1-10-7-6-8-11-9-12(14(18)20-5)17(13(10)11)15(19)21-16(2,3)4/h6-8,12H,9H2,1-5H3. The van der Waals surface area contributed by atoms with Gasteiger partial charge in [-0.05, 0) is 38.8 Å². The van der Waals surface area contributed by atoms with Crippen molar-refractivity contribution < 1.29 is 19.1 Å². The van der Waals surface area contributed by atoms with Crippen LogP contribution in [-0.4, -0.2) is 30.8 Å². The van der Waals surface area contributed by atoms with Gasteiger partial charge in [0, 0.05) is 6.42 Å². The van der Waals surface area contributed by atoms with Crippen molar-refractivity contribution in [3.63, 3.8) is 0 Å². The molecule has 21 heavy (non-hydrogen) atoms. The number of hydrogen-bond acceptors (Lipinski definition) is 4. The highest BCUT2D eigenvalue weighted by Crippen LogP contribution is 2.36. The van der Waals surface area contributed by atoms with E-state index in [4.69, 9.17) is 9.47 Å². The lowest BCUT2D eigenvalue weighted by Crippen LogP contribution is -2.46. The van der Waals surface area contributed by atoms with Crippen molar-refractivity contribution in [1.29, 1.82) is 0 Å². The number of carbonyl (C=O) groups is 2. The quantitative estimate of drug-likeness (QED) is 0.747. The Kier molecular flexibility index (Phi) is 3.94. The molecule has 0 fully saturated rings. The predicted octanol–water partition coefficient (Wildman–Crippen LogP) is 2.83. The van der Waals surface area contributed by atoms with E-state index >= 15 is 0 Å². The van der Waals surface area contributed by atoms with Gasteiger partial charge in [-0.3, -0.25) is 4.90 Å². The SMILES string of the molecule is COC(=O)C1Cc2cccc(C)c2N1C(=O)OC(C)(C)C. The maximum Gasteiger partial charge on any atom is 0.415 e. The number of hydrogen-bond donors (Lipinski definition) is 0. The Morgan fingerprint density at radius 2 is 1.95 bits per heavy atom. The van der Waals surface area contributed by atoms with Crippen LogP contribution in [0.4, 0.5) is 10.5 Å². The van der Waals surface area contributed by atoms with Gasteiger partial charge in [-0.25, -0.2) is 9.59 Å². The average Bonchev–Trinajstić information content (AvgIpc) is 2.76. The average molecular weight is 291 g/mol. The number of para-hydroxylation sites is 1. The Labute approximate surface area is 124 Å². The zero-order valence-electron chi connectivity index (χ0n) is 13.1. The lowest BCUT2D eigenvalue weighted by Gasteiger charge is -2.28. The van der Waals surface area contributed by atoms with E-state index in [1.54, 1.807) is 20.8 Å². The molecule has 0 saturated carbocycles. The fraction of sp³-hybridized carbons (Fsp3) is 0.500. The summed E-state index contributed by atoms with van der Waals surface area (Å²) in [7, 11) is 1.32. The van der Waals surface area contributed by atoms with Gasteiger partial charge in [0.05, 0.1) is 12.8 Å². The zero-order chi connectivity index (χ0) is 15.8. The second-order valence-corrected chi connectivity index (χ2v) is 6.18. The van der Waals surface area contributed by atoms with Crippen LogP contribution in [0.25, 0.3) is 0 Å². The first-order valence-electron chi connectivity index (χ1n) is 6.93. The molecule has 114 valence electrons. The van der Waals surface area contributed by atoms with Crippen molar-refractivity contribution in [1.82, 2.24) is 0 Å². The number of rotatable bonds is 1. The second-order valence-electron chi connectivity index (χ2n) is 6.18. The molecule has 0 spiro atoms. The summed E-state index contributed by atoms with van der Waals surface area (Å²) >= 11 is 0. The summed E-state index contributed by atoms with van der Waals surface area (Å²) < 4.78 is 10.3. The molecule has 2 rings (SSSR count). The summed E-state index contributed by atoms with van der Waals surface area (Å²) in [6, 6.07) is 5.08. The lowest BCUT2D eigenvalue weighted by atomic mass is 10.1. The summed E-state index contributed by atoms with van der Waals surface area (Å²) in [6.07, 6.45) is -0.0749. The lowest BCUT2D eigenvalue weighted by molar-refractivity contribution is -0.142. The molecule has 1 heterocycles. The molecule has 0 bridgehead atoms. The molecule has 5 heteroatoms. The Balaban J connectivity index is 2.42. The van der Waals surface area contributed by atoms with Crippen LogP contribution in [-0.2, 0) is 20.7 Å². The molecule has 0 saturated heterocycles. The van der Waals surface area contributed by atoms with Crippen molar-refractivity contribution in [3.8, 4) is 0 Å². The van der Waals surface area contributed by atoms with Gasteiger partial charge in [0.1, 0.15) is 11.6 Å². The first-order valence-corrected chi connectivity index (χ1v) is 6.93. The molecule has 1 aliphatic rings. The number of nitrogens with zero attached hydrogens (tertiary/aromatic N) is 1. The third-order valence-corrected chi connectivity index (χ3v) is 3.35. The van der Waals surface area contributed by atoms with Crippen molar-refractivity contribution in [2.24, 2.45) is 0 Å². The third kappa shape index (κ3) is 3.01. The summed E-state index contributed by atoms with van der Waals surface area (Å²) in [5.74, 6) is -0.434. The van der Waals surface area contributed by atoms with E-state index in [-0.39, 0.29) is 0 Å². The summed E-state index contributed by atoms with van der Waals surface area (Å²) in [5.41, 5.74) is 2.02. The van der Waals surface area contributed by atoms with Gasteiger partial charge in [0.2, 0.25) is 0 Å². The van der Waals surface area contributed by atoms with Gasteiger partial charge < -0.3 is 9.47 Å². The molecule has 1 unspecified atom stereocenters. The van der Waals surface area contributed by atoms with Gasteiger partial charge in [0.15, 0.2) is 0 Å². The number of methoxy groups -OCH3 is 1. The zero-order valence-corrected chi connectivity index (χ0v) is 13.1. The number of benzene rings is 1. The Morgan fingerprint density at radius 1 is 1.29 bits per heavy atom. The molecule has 1 aliphatic heterocycles. The minimum atomic E-state index is -0.666. The highest BCUT2D eigenvalue weighted by Gasteiger charge is 2.41. The van der Waals surface area contributed by atoms with E-state index in [0.29, 0.717) is 6.42 Å². The smallest absolute Gasteiger partial charge is 0.415 e. The van der Waals surface area contributed by atoms with E-state index in [9.17, 15) is 9.59 Å². The maximum atomic E-state index is 12.5. The summed E-state index contributed by atoms with van der Waals surface area (Å²) in [6.45, 7) is 7.31. The normalized spacial score (nSPS) is 17.4. The van der Waals surface area contributed by atoms with Crippen LogP contribution in [0, 0.1) is 6.92 Å². The van der Waals surface area contributed by atoms with Crippen LogP contribution in [0.2, 0.25) is 0 Å². The molecular formula is C16H21NO4. The molecule has 0 N–H and O–H groups in total. The minimum absolute atomic E-state index is 0.434. The van der Waals surface area contributed by atoms with Crippen molar-refractivity contribution in [2.75, 3.05) is 12.0 Å². The van der Waals surface area contributed by atoms with Crippen LogP contribution < -0.4 is 4.90 Å². The van der Waals surface area contributed by atoms with E-state index in [1.165, 1.54) is 12.0 Å². The van der Waals surface area contributed by atoms with E-state index in [0.717, 1.165) is 16.8 Å². The molecular weight excluding hydrogens is 270 g/mol. The Bertz CT molecular complexity index is 574. The van der Waals surface area contributed by atoms with Crippen LogP contribution in [0.1, 0.15) is 31.9 Å². The largest absolute Gasteiger partial charge is 0.467 e. The van der Waals surface area contributed by atoms with E-state index < -0.39 is 23.7 Å². The molecule has 1 amide bonds. The minimum Gasteiger partial charge on any atom is -0.467 e. The van der Waals surface area contributed by atoms with Gasteiger partial charge in [-0.2, -0.15) is 0 Å². The van der Waals surface area contributed by atoms with Crippen molar-refractivity contribution in [3.05, 3.63) is 29.3 Å². The number of anilines is 1. The molecule has 0 radical (unpaired) electrons. The fourth-order valence-corrected chi connectivity index (χ4v) is 2.54. The van der Waals surface area contributed by atoms with Crippen LogP contribution >= 0.6 is 0 Å². The highest BCUT2D eigenvalue weighted by molar-refractivity contribution is 5.99. The van der Waals surface area contributed by atoms with E-state index in [2.05, 4.69) is 0 Å². The van der Waals surface area contributed by atoms with Crippen molar-refractivity contribution >= 4 is 17.7 Å². The molecule has 0 aromatic heterocycles. The van der Waals surface area contributed by atoms with E-state index in [1.807, 2.05) is 25.1 Å². The summed E-state index contributed by atoms with van der Waals surface area (Å²) in [5, 5.41) is 0. The maximum absolute atomic E-state index is 12.5. The van der Waals surface area contributed by atoms with Gasteiger partial charge in [-0.1, -0.05) is 18.2 Å². The molecule has 5 nitrogen and oxygen atoms in total. The Morgan fingerprint density at radius 3 is 2.52 bits per heavy atom. The number of aryl methyl sites for hydroxylation is 1. The molecule has 1 aromatic rings. The first kappa shape index (κ1) is 15.4. The van der Waals surface area contributed by atoms with Gasteiger partial charge in [-0.15, -0.1) is 0 Å². The number of fused-ring (bicyclic) bond motifs is 1. The van der Waals surface area contributed by atoms with Gasteiger partial charge >= 0.3 is 12.1 Å². The topological polar surface area (TPSA) is 55.8 Å². The number of ether oxygens (including phenoxy) is 2. The van der Waals surface area contributed by atoms with Gasteiger partial charge in [0.25, 0.3) is 0 Å².